The SMILES string of the molecule is CC\C=C/C=C\C=C/C=C\C=C\C=C/CCCCCC(=O)OC(COC(=O)CCCCCCCC/C=C\C/C=C\C/C=C\C/C=C\CC)COC(=O)CCCCCCCCCCCCCCCC. The van der Waals surface area contributed by atoms with Gasteiger partial charge in [-0.1, -0.05) is 258 Å². The lowest BCUT2D eigenvalue weighted by Crippen LogP contribution is -2.30. The Kier molecular flexibility index (Phi) is 52.0. The lowest BCUT2D eigenvalue weighted by atomic mass is 10.0. The zero-order valence-corrected chi connectivity index (χ0v) is 43.8. The first-order valence-corrected chi connectivity index (χ1v) is 27.6. The van der Waals surface area contributed by atoms with Crippen molar-refractivity contribution in [1.82, 2.24) is 0 Å². The Labute approximate surface area is 418 Å². The first-order valence-electron chi connectivity index (χ1n) is 27.6. The minimum Gasteiger partial charge on any atom is -0.462 e. The minimum atomic E-state index is -0.810. The third-order valence-corrected chi connectivity index (χ3v) is 11.4. The molecule has 0 saturated heterocycles. The third kappa shape index (κ3) is 52.8. The predicted molar refractivity (Wildman–Crippen MR) is 293 cm³/mol. The molecule has 0 fully saturated rings. The van der Waals surface area contributed by atoms with Crippen molar-refractivity contribution in [3.8, 4) is 0 Å². The van der Waals surface area contributed by atoms with Gasteiger partial charge in [0.15, 0.2) is 6.10 Å². The number of hydrogen-bond donors (Lipinski definition) is 0. The zero-order valence-electron chi connectivity index (χ0n) is 43.8. The molecule has 384 valence electrons. The van der Waals surface area contributed by atoms with E-state index in [4.69, 9.17) is 14.2 Å². The highest BCUT2D eigenvalue weighted by Crippen LogP contribution is 2.15. The van der Waals surface area contributed by atoms with Gasteiger partial charge in [0.1, 0.15) is 13.2 Å². The summed E-state index contributed by atoms with van der Waals surface area (Å²) < 4.78 is 16.8. The number of ether oxygens (including phenoxy) is 3. The van der Waals surface area contributed by atoms with Crippen LogP contribution in [-0.4, -0.2) is 37.2 Å². The van der Waals surface area contributed by atoms with E-state index in [0.717, 1.165) is 103 Å². The monoisotopic (exact) mass is 941 g/mol. The van der Waals surface area contributed by atoms with Crippen LogP contribution in [0.4, 0.5) is 0 Å². The second kappa shape index (κ2) is 55.4. The highest BCUT2D eigenvalue weighted by atomic mass is 16.6. The summed E-state index contributed by atoms with van der Waals surface area (Å²) in [6.45, 7) is 6.33. The molecular weight excluding hydrogens is 841 g/mol. The average molecular weight is 941 g/mol. The van der Waals surface area contributed by atoms with E-state index in [-0.39, 0.29) is 37.5 Å². The van der Waals surface area contributed by atoms with Crippen molar-refractivity contribution >= 4 is 17.9 Å². The van der Waals surface area contributed by atoms with E-state index in [1.165, 1.54) is 83.5 Å². The van der Waals surface area contributed by atoms with Crippen LogP contribution in [0.5, 0.6) is 0 Å². The van der Waals surface area contributed by atoms with E-state index < -0.39 is 6.10 Å². The quantitative estimate of drug-likeness (QED) is 0.0199. The summed E-state index contributed by atoms with van der Waals surface area (Å²) in [4.78, 5) is 38.1. The molecule has 0 N–H and O–H groups in total. The standard InChI is InChI=1S/C62H100O6/c1-4-7-10-13-16-19-22-25-28-30-31-33-34-37-40-43-46-49-52-55-61(64)67-58-59(57-66-60(63)54-51-48-45-42-39-36-27-24-21-18-15-12-9-6-3)68-62(65)56-53-50-47-44-41-38-35-32-29-26-23-20-17-14-11-8-5-2/h7-8,10-11,14,16-17,19-20,23,25-26,28-29,31-33,35,38,41,59H,4-6,9,12-13,15,18,21-22,24,27,30,34,36-37,39-40,42-58H2,1-3H3/b10-7-,11-8-,17-14-,19-16-,23-20-,28-25-,29-26-,33-31-,35-32+,41-38-. The minimum absolute atomic E-state index is 0.102. The normalized spacial score (nSPS) is 13.0. The molecule has 0 aromatic heterocycles. The van der Waals surface area contributed by atoms with Crippen LogP contribution < -0.4 is 0 Å². The number of hydrogen-bond acceptors (Lipinski definition) is 6. The van der Waals surface area contributed by atoms with Crippen LogP contribution in [0.3, 0.4) is 0 Å². The highest BCUT2D eigenvalue weighted by Gasteiger charge is 2.19. The van der Waals surface area contributed by atoms with Crippen molar-refractivity contribution in [2.75, 3.05) is 13.2 Å². The lowest BCUT2D eigenvalue weighted by molar-refractivity contribution is -0.167. The topological polar surface area (TPSA) is 78.9 Å². The molecule has 0 bridgehead atoms. The largest absolute Gasteiger partial charge is 0.462 e. The van der Waals surface area contributed by atoms with E-state index in [0.29, 0.717) is 19.3 Å². The Balaban J connectivity index is 4.51. The van der Waals surface area contributed by atoms with E-state index in [2.05, 4.69) is 81.5 Å². The molecule has 68 heavy (non-hydrogen) atoms. The van der Waals surface area contributed by atoms with Crippen LogP contribution in [-0.2, 0) is 28.6 Å². The summed E-state index contributed by atoms with van der Waals surface area (Å²) >= 11 is 0. The van der Waals surface area contributed by atoms with Crippen molar-refractivity contribution < 1.29 is 28.6 Å². The molecular formula is C62H100O6. The van der Waals surface area contributed by atoms with E-state index >= 15 is 0 Å². The van der Waals surface area contributed by atoms with E-state index in [9.17, 15) is 14.4 Å². The van der Waals surface area contributed by atoms with Crippen LogP contribution in [0.2, 0.25) is 0 Å². The van der Waals surface area contributed by atoms with Crippen molar-refractivity contribution in [3.05, 3.63) is 122 Å². The van der Waals surface area contributed by atoms with Gasteiger partial charge in [0.05, 0.1) is 0 Å². The Morgan fingerprint density at radius 3 is 1.09 bits per heavy atom. The smallest absolute Gasteiger partial charge is 0.306 e. The number of unbranched alkanes of at least 4 members (excludes halogenated alkanes) is 22. The third-order valence-electron chi connectivity index (χ3n) is 11.4. The van der Waals surface area contributed by atoms with Gasteiger partial charge in [0.2, 0.25) is 0 Å². The average Bonchev–Trinajstić information content (AvgIpc) is 3.34. The maximum Gasteiger partial charge on any atom is 0.306 e. The van der Waals surface area contributed by atoms with Crippen molar-refractivity contribution in [3.63, 3.8) is 0 Å². The zero-order chi connectivity index (χ0) is 49.3. The van der Waals surface area contributed by atoms with Crippen molar-refractivity contribution in [2.24, 2.45) is 0 Å². The molecule has 1 atom stereocenters. The van der Waals surface area contributed by atoms with Gasteiger partial charge in [-0.3, -0.25) is 14.4 Å². The van der Waals surface area contributed by atoms with Crippen molar-refractivity contribution in [1.29, 1.82) is 0 Å². The Bertz CT molecular complexity index is 1450. The van der Waals surface area contributed by atoms with Gasteiger partial charge in [0, 0.05) is 19.3 Å². The summed E-state index contributed by atoms with van der Waals surface area (Å²) in [5.74, 6) is -0.962. The van der Waals surface area contributed by atoms with Gasteiger partial charge in [-0.05, 0) is 77.0 Å². The first kappa shape index (κ1) is 63.8. The van der Waals surface area contributed by atoms with Gasteiger partial charge >= 0.3 is 17.9 Å². The van der Waals surface area contributed by atoms with Gasteiger partial charge in [-0.25, -0.2) is 0 Å². The molecule has 0 aromatic carbocycles. The molecule has 0 aromatic rings. The van der Waals surface area contributed by atoms with Gasteiger partial charge in [-0.15, -0.1) is 0 Å². The lowest BCUT2D eigenvalue weighted by Gasteiger charge is -2.18. The number of carbonyl (C=O) groups is 3. The molecule has 1 unspecified atom stereocenters. The molecule has 6 heteroatoms. The second-order valence-corrected chi connectivity index (χ2v) is 17.9. The molecule has 0 amide bonds. The predicted octanol–water partition coefficient (Wildman–Crippen LogP) is 18.5. The van der Waals surface area contributed by atoms with Crippen LogP contribution in [0.1, 0.15) is 233 Å². The van der Waals surface area contributed by atoms with Gasteiger partial charge in [0.25, 0.3) is 0 Å². The molecule has 0 spiro atoms. The molecule has 0 radical (unpaired) electrons. The molecule has 0 aliphatic carbocycles. The maximum absolute atomic E-state index is 12.8. The number of carbonyl (C=O) groups excluding carboxylic acids is 3. The summed E-state index contributed by atoms with van der Waals surface area (Å²) in [5.41, 5.74) is 0. The molecule has 0 heterocycles. The first-order chi connectivity index (χ1) is 33.5. The Morgan fingerprint density at radius 1 is 0.324 bits per heavy atom. The second-order valence-electron chi connectivity index (χ2n) is 17.9. The van der Waals surface area contributed by atoms with Crippen LogP contribution >= 0.6 is 0 Å². The fraction of sp³-hybridized carbons (Fsp3) is 0.629. The number of esters is 3. The number of allylic oxidation sites excluding steroid dienone is 20. The van der Waals surface area contributed by atoms with Gasteiger partial charge in [-0.2, -0.15) is 0 Å². The van der Waals surface area contributed by atoms with Crippen LogP contribution in [0.25, 0.3) is 0 Å². The fourth-order valence-electron chi connectivity index (χ4n) is 7.29. The summed E-state index contributed by atoms with van der Waals surface area (Å²) in [6.07, 6.45) is 76.0. The van der Waals surface area contributed by atoms with E-state index in [1.54, 1.807) is 0 Å². The molecule has 0 aliphatic rings. The van der Waals surface area contributed by atoms with Crippen LogP contribution in [0.15, 0.2) is 122 Å². The highest BCUT2D eigenvalue weighted by molar-refractivity contribution is 5.71. The van der Waals surface area contributed by atoms with Crippen LogP contribution in [0, 0.1) is 0 Å². The molecule has 0 saturated carbocycles. The molecule has 0 rings (SSSR count). The Morgan fingerprint density at radius 2 is 0.647 bits per heavy atom. The maximum atomic E-state index is 12.8. The van der Waals surface area contributed by atoms with E-state index in [1.807, 2.05) is 60.8 Å². The molecule has 6 nitrogen and oxygen atoms in total. The summed E-state index contributed by atoms with van der Waals surface area (Å²) in [5, 5.41) is 0. The Hall–Kier alpha value is -4.19. The summed E-state index contributed by atoms with van der Waals surface area (Å²) in [6, 6.07) is 0. The molecule has 0 aliphatic heterocycles. The van der Waals surface area contributed by atoms with Gasteiger partial charge < -0.3 is 14.2 Å². The number of rotatable bonds is 48. The fourth-order valence-corrected chi connectivity index (χ4v) is 7.29. The summed E-state index contributed by atoms with van der Waals surface area (Å²) in [7, 11) is 0. The van der Waals surface area contributed by atoms with Crippen molar-refractivity contribution in [2.45, 2.75) is 239 Å².